The van der Waals surface area contributed by atoms with Gasteiger partial charge in [-0.1, -0.05) is 25.1 Å². The summed E-state index contributed by atoms with van der Waals surface area (Å²) < 4.78 is 1.70. The van der Waals surface area contributed by atoms with Gasteiger partial charge in [0.05, 0.1) is 0 Å². The minimum atomic E-state index is -0.126. The van der Waals surface area contributed by atoms with Crippen molar-refractivity contribution < 1.29 is 0 Å². The van der Waals surface area contributed by atoms with Gasteiger partial charge in [-0.3, -0.25) is 4.57 Å². The van der Waals surface area contributed by atoms with E-state index in [0.29, 0.717) is 6.04 Å². The Morgan fingerprint density at radius 1 is 1.53 bits per heavy atom. The summed E-state index contributed by atoms with van der Waals surface area (Å²) in [5, 5.41) is 10.6. The van der Waals surface area contributed by atoms with Crippen molar-refractivity contribution in [1.29, 1.82) is 0 Å². The summed E-state index contributed by atoms with van der Waals surface area (Å²) in [7, 11) is 1.97. The van der Waals surface area contributed by atoms with Crippen LogP contribution in [0.3, 0.4) is 0 Å². The van der Waals surface area contributed by atoms with Crippen LogP contribution in [0, 0.1) is 0 Å². The fourth-order valence-electron chi connectivity index (χ4n) is 1.68. The molecule has 17 heavy (non-hydrogen) atoms. The Balaban J connectivity index is 2.65. The third kappa shape index (κ3) is 3.89. The number of rotatable bonds is 7. The fourth-order valence-corrected chi connectivity index (χ4v) is 2.91. The van der Waals surface area contributed by atoms with Crippen LogP contribution in [0.1, 0.15) is 39.7 Å². The molecule has 1 rings (SSSR count). The molecular formula is C11H22N4OS. The summed E-state index contributed by atoms with van der Waals surface area (Å²) in [5.41, 5.74) is -0.126. The lowest BCUT2D eigenvalue weighted by Gasteiger charge is -2.15. The summed E-state index contributed by atoms with van der Waals surface area (Å²) in [6.45, 7) is 6.15. The molecule has 0 aliphatic heterocycles. The van der Waals surface area contributed by atoms with Crippen molar-refractivity contribution in [2.24, 2.45) is 0 Å². The highest BCUT2D eigenvalue weighted by molar-refractivity contribution is 7.99. The molecule has 0 aromatic carbocycles. The third-order valence-corrected chi connectivity index (χ3v) is 3.76. The van der Waals surface area contributed by atoms with E-state index in [1.165, 1.54) is 0 Å². The zero-order valence-electron chi connectivity index (χ0n) is 11.0. The average molecular weight is 258 g/mol. The third-order valence-electron chi connectivity index (χ3n) is 2.65. The van der Waals surface area contributed by atoms with Crippen LogP contribution in [-0.2, 0) is 0 Å². The number of nitrogens with zero attached hydrogens (tertiary/aromatic N) is 2. The first-order valence-electron chi connectivity index (χ1n) is 6.07. The van der Waals surface area contributed by atoms with Crippen LogP contribution in [0.15, 0.2) is 9.95 Å². The van der Waals surface area contributed by atoms with E-state index in [-0.39, 0.29) is 11.7 Å². The standard InChI is InChI=1S/C11H22N4OS/c1-5-6-9(12-4)7-17-11-14-13-10(16)15(11)8(2)3/h8-9,12H,5-7H2,1-4H3,(H,13,16). The Morgan fingerprint density at radius 2 is 2.24 bits per heavy atom. The molecule has 1 atom stereocenters. The van der Waals surface area contributed by atoms with E-state index < -0.39 is 0 Å². The number of thioether (sulfide) groups is 1. The molecule has 0 saturated carbocycles. The fraction of sp³-hybridized carbons (Fsp3) is 0.818. The molecule has 0 saturated heterocycles. The first-order chi connectivity index (χ1) is 8.10. The Labute approximate surface area is 106 Å². The molecule has 1 aromatic heterocycles. The topological polar surface area (TPSA) is 62.7 Å². The molecule has 0 aliphatic rings. The Kier molecular flexibility index (Phi) is 5.77. The van der Waals surface area contributed by atoms with Gasteiger partial charge in [0, 0.05) is 17.8 Å². The molecule has 5 nitrogen and oxygen atoms in total. The minimum Gasteiger partial charge on any atom is -0.316 e. The van der Waals surface area contributed by atoms with Crippen molar-refractivity contribution >= 4 is 11.8 Å². The highest BCUT2D eigenvalue weighted by Gasteiger charge is 2.13. The van der Waals surface area contributed by atoms with E-state index in [4.69, 9.17) is 0 Å². The van der Waals surface area contributed by atoms with Gasteiger partial charge >= 0.3 is 5.69 Å². The summed E-state index contributed by atoms with van der Waals surface area (Å²) in [6.07, 6.45) is 2.30. The van der Waals surface area contributed by atoms with Crippen LogP contribution in [0.4, 0.5) is 0 Å². The van der Waals surface area contributed by atoms with Gasteiger partial charge in [0.1, 0.15) is 0 Å². The van der Waals surface area contributed by atoms with Crippen LogP contribution in [0.5, 0.6) is 0 Å². The molecule has 1 heterocycles. The second-order valence-corrected chi connectivity index (χ2v) is 5.35. The van der Waals surface area contributed by atoms with Crippen LogP contribution in [0.25, 0.3) is 0 Å². The zero-order valence-corrected chi connectivity index (χ0v) is 11.8. The van der Waals surface area contributed by atoms with Gasteiger partial charge in [0.15, 0.2) is 5.16 Å². The van der Waals surface area contributed by atoms with Gasteiger partial charge in [-0.2, -0.15) is 0 Å². The number of hydrogen-bond donors (Lipinski definition) is 2. The Bertz CT molecular complexity index is 385. The van der Waals surface area contributed by atoms with Crippen LogP contribution >= 0.6 is 11.8 Å². The van der Waals surface area contributed by atoms with Gasteiger partial charge in [-0.25, -0.2) is 9.89 Å². The maximum absolute atomic E-state index is 11.5. The van der Waals surface area contributed by atoms with Crippen molar-refractivity contribution in [3.8, 4) is 0 Å². The second-order valence-electron chi connectivity index (χ2n) is 4.36. The number of hydrogen-bond acceptors (Lipinski definition) is 4. The lowest BCUT2D eigenvalue weighted by Crippen LogP contribution is -2.27. The highest BCUT2D eigenvalue weighted by Crippen LogP contribution is 2.18. The molecule has 0 amide bonds. The van der Waals surface area contributed by atoms with Crippen molar-refractivity contribution in [3.63, 3.8) is 0 Å². The van der Waals surface area contributed by atoms with E-state index in [9.17, 15) is 4.79 Å². The van der Waals surface area contributed by atoms with Gasteiger partial charge in [0.2, 0.25) is 0 Å². The molecule has 0 bridgehead atoms. The number of nitrogens with one attached hydrogen (secondary N) is 2. The molecule has 1 aromatic rings. The van der Waals surface area contributed by atoms with E-state index in [1.807, 2.05) is 20.9 Å². The maximum atomic E-state index is 11.5. The van der Waals surface area contributed by atoms with Crippen LogP contribution in [0.2, 0.25) is 0 Å². The van der Waals surface area contributed by atoms with Gasteiger partial charge < -0.3 is 5.32 Å². The van der Waals surface area contributed by atoms with Gasteiger partial charge in [-0.05, 0) is 27.3 Å². The molecule has 2 N–H and O–H groups in total. The van der Waals surface area contributed by atoms with Crippen molar-refractivity contribution in [3.05, 3.63) is 10.5 Å². The normalized spacial score (nSPS) is 13.2. The Morgan fingerprint density at radius 3 is 2.76 bits per heavy atom. The first kappa shape index (κ1) is 14.3. The minimum absolute atomic E-state index is 0.126. The molecule has 0 spiro atoms. The summed E-state index contributed by atoms with van der Waals surface area (Å²) in [5.74, 6) is 0.932. The number of aromatic nitrogens is 3. The van der Waals surface area contributed by atoms with Crippen molar-refractivity contribution in [1.82, 2.24) is 20.1 Å². The lowest BCUT2D eigenvalue weighted by atomic mass is 10.2. The summed E-state index contributed by atoms with van der Waals surface area (Å²) >= 11 is 1.63. The zero-order chi connectivity index (χ0) is 12.8. The molecule has 98 valence electrons. The highest BCUT2D eigenvalue weighted by atomic mass is 32.2. The van der Waals surface area contributed by atoms with Crippen molar-refractivity contribution in [2.75, 3.05) is 12.8 Å². The summed E-state index contributed by atoms with van der Waals surface area (Å²) in [6, 6.07) is 0.611. The molecule has 0 fully saturated rings. The maximum Gasteiger partial charge on any atom is 0.344 e. The Hall–Kier alpha value is -0.750. The van der Waals surface area contributed by atoms with Crippen LogP contribution < -0.4 is 11.0 Å². The van der Waals surface area contributed by atoms with Crippen molar-refractivity contribution in [2.45, 2.75) is 50.9 Å². The van der Waals surface area contributed by atoms with E-state index in [0.717, 1.165) is 23.8 Å². The molecule has 0 aliphatic carbocycles. The van der Waals surface area contributed by atoms with Gasteiger partial charge in [-0.15, -0.1) is 5.10 Å². The second kappa shape index (κ2) is 6.86. The average Bonchev–Trinajstić information content (AvgIpc) is 2.65. The summed E-state index contributed by atoms with van der Waals surface area (Å²) in [4.78, 5) is 11.5. The molecule has 1 unspecified atom stereocenters. The smallest absolute Gasteiger partial charge is 0.316 e. The molecular weight excluding hydrogens is 236 g/mol. The quantitative estimate of drug-likeness (QED) is 0.730. The number of H-pyrrole nitrogens is 1. The first-order valence-corrected chi connectivity index (χ1v) is 7.05. The monoisotopic (exact) mass is 258 g/mol. The number of aromatic amines is 1. The molecule has 6 heteroatoms. The van der Waals surface area contributed by atoms with E-state index in [2.05, 4.69) is 22.4 Å². The van der Waals surface area contributed by atoms with E-state index >= 15 is 0 Å². The lowest BCUT2D eigenvalue weighted by molar-refractivity contribution is 0.530. The SMILES string of the molecule is CCCC(CSc1n[nH]c(=O)n1C(C)C)NC. The van der Waals surface area contributed by atoms with Crippen LogP contribution in [-0.4, -0.2) is 33.6 Å². The van der Waals surface area contributed by atoms with E-state index in [1.54, 1.807) is 16.3 Å². The predicted octanol–water partition coefficient (Wildman–Crippen LogP) is 1.63. The van der Waals surface area contributed by atoms with Gasteiger partial charge in [0.25, 0.3) is 0 Å². The largest absolute Gasteiger partial charge is 0.344 e. The predicted molar refractivity (Wildman–Crippen MR) is 71.7 cm³/mol. The molecule has 0 radical (unpaired) electrons.